The van der Waals surface area contributed by atoms with Crippen molar-refractivity contribution in [2.75, 3.05) is 25.9 Å². The number of benzene rings is 1. The Morgan fingerprint density at radius 1 is 1.48 bits per heavy atom. The van der Waals surface area contributed by atoms with Gasteiger partial charge in [-0.15, -0.1) is 0 Å². The lowest BCUT2D eigenvalue weighted by atomic mass is 10.0. The number of sulfonamides is 1. The van der Waals surface area contributed by atoms with E-state index in [4.69, 9.17) is 10.5 Å². The molecule has 0 radical (unpaired) electrons. The fourth-order valence-corrected chi connectivity index (χ4v) is 4.57. The molecule has 1 aliphatic heterocycles. The number of hydrogen-bond acceptors (Lipinski definition) is 5. The number of nitrogens with zero attached hydrogens (tertiary/aromatic N) is 1. The van der Waals surface area contributed by atoms with E-state index in [1.807, 2.05) is 0 Å². The standard InChI is InChI=1S/C13H17BrN2O4S/c1-20-13(17)9-3-2-6-16(8-9)21(18,19)12-7-10(14)4-5-11(12)15/h4-5,7,9H,2-3,6,8,15H2,1H3. The molecule has 8 heteroatoms. The second-order valence-electron chi connectivity index (χ2n) is 4.91. The first kappa shape index (κ1) is 16.3. The molecule has 6 nitrogen and oxygen atoms in total. The fourth-order valence-electron chi connectivity index (χ4n) is 2.39. The van der Waals surface area contributed by atoms with Crippen LogP contribution in [0.2, 0.25) is 0 Å². The van der Waals surface area contributed by atoms with Gasteiger partial charge in [0.25, 0.3) is 0 Å². The second kappa shape index (κ2) is 6.33. The van der Waals surface area contributed by atoms with Crippen LogP contribution in [0.3, 0.4) is 0 Å². The molecule has 1 aromatic rings. The number of piperidine rings is 1. The van der Waals surface area contributed by atoms with E-state index in [0.717, 1.165) is 0 Å². The Labute approximate surface area is 132 Å². The zero-order chi connectivity index (χ0) is 15.6. The van der Waals surface area contributed by atoms with Crippen LogP contribution >= 0.6 is 15.9 Å². The highest BCUT2D eigenvalue weighted by molar-refractivity contribution is 9.10. The van der Waals surface area contributed by atoms with Crippen molar-refractivity contribution >= 4 is 37.6 Å². The van der Waals surface area contributed by atoms with Gasteiger partial charge in [0.2, 0.25) is 10.0 Å². The zero-order valence-corrected chi connectivity index (χ0v) is 14.0. The quantitative estimate of drug-likeness (QED) is 0.639. The van der Waals surface area contributed by atoms with Gasteiger partial charge in [0, 0.05) is 17.6 Å². The van der Waals surface area contributed by atoms with Crippen LogP contribution in [0.1, 0.15) is 12.8 Å². The lowest BCUT2D eigenvalue weighted by Gasteiger charge is -2.30. The molecule has 1 aliphatic rings. The molecular formula is C13H17BrN2O4S. The summed E-state index contributed by atoms with van der Waals surface area (Å²) >= 11 is 3.25. The summed E-state index contributed by atoms with van der Waals surface area (Å²) in [5.41, 5.74) is 5.98. The van der Waals surface area contributed by atoms with Crippen LogP contribution in [0.15, 0.2) is 27.6 Å². The first-order valence-corrected chi connectivity index (χ1v) is 8.72. The summed E-state index contributed by atoms with van der Waals surface area (Å²) in [6.07, 6.45) is 1.25. The number of nitrogens with two attached hydrogens (primary N) is 1. The molecule has 1 atom stereocenters. The number of hydrogen-bond donors (Lipinski definition) is 1. The summed E-state index contributed by atoms with van der Waals surface area (Å²) < 4.78 is 32.0. The van der Waals surface area contributed by atoms with Crippen molar-refractivity contribution in [3.63, 3.8) is 0 Å². The molecule has 1 aromatic carbocycles. The van der Waals surface area contributed by atoms with Gasteiger partial charge in [0.05, 0.1) is 18.7 Å². The lowest BCUT2D eigenvalue weighted by molar-refractivity contribution is -0.146. The van der Waals surface area contributed by atoms with Crippen LogP contribution in [0.4, 0.5) is 5.69 Å². The van der Waals surface area contributed by atoms with Gasteiger partial charge in [-0.25, -0.2) is 8.42 Å². The molecule has 21 heavy (non-hydrogen) atoms. The zero-order valence-electron chi connectivity index (χ0n) is 11.6. The number of nitrogen functional groups attached to an aromatic ring is 1. The molecule has 0 bridgehead atoms. The molecule has 1 fully saturated rings. The lowest BCUT2D eigenvalue weighted by Crippen LogP contribution is -2.42. The molecular weight excluding hydrogens is 360 g/mol. The summed E-state index contributed by atoms with van der Waals surface area (Å²) in [6.45, 7) is 0.503. The van der Waals surface area contributed by atoms with Crippen molar-refractivity contribution in [1.82, 2.24) is 4.31 Å². The third-order valence-electron chi connectivity index (χ3n) is 3.51. The number of methoxy groups -OCH3 is 1. The van der Waals surface area contributed by atoms with Crippen molar-refractivity contribution in [2.45, 2.75) is 17.7 Å². The molecule has 0 amide bonds. The van der Waals surface area contributed by atoms with Crippen LogP contribution in [0.5, 0.6) is 0 Å². The van der Waals surface area contributed by atoms with Crippen molar-refractivity contribution in [3.05, 3.63) is 22.7 Å². The minimum absolute atomic E-state index is 0.0578. The summed E-state index contributed by atoms with van der Waals surface area (Å²) in [7, 11) is -2.41. The highest BCUT2D eigenvalue weighted by atomic mass is 79.9. The molecule has 116 valence electrons. The summed E-state index contributed by atoms with van der Waals surface area (Å²) in [6, 6.07) is 4.70. The van der Waals surface area contributed by atoms with Crippen LogP contribution in [0.25, 0.3) is 0 Å². The Morgan fingerprint density at radius 3 is 2.86 bits per heavy atom. The molecule has 1 saturated heterocycles. The van der Waals surface area contributed by atoms with Crippen molar-refractivity contribution in [1.29, 1.82) is 0 Å². The smallest absolute Gasteiger partial charge is 0.309 e. The van der Waals surface area contributed by atoms with Gasteiger partial charge in [-0.1, -0.05) is 15.9 Å². The van der Waals surface area contributed by atoms with Crippen LogP contribution in [-0.2, 0) is 19.6 Å². The Bertz CT molecular complexity index is 648. The van der Waals surface area contributed by atoms with E-state index in [2.05, 4.69) is 15.9 Å². The maximum absolute atomic E-state index is 12.7. The van der Waals surface area contributed by atoms with E-state index in [-0.39, 0.29) is 23.1 Å². The summed E-state index contributed by atoms with van der Waals surface area (Å²) in [5.74, 6) is -0.802. The number of ether oxygens (including phenoxy) is 1. The van der Waals surface area contributed by atoms with Crippen LogP contribution in [0, 0.1) is 5.92 Å². The van der Waals surface area contributed by atoms with E-state index in [1.165, 1.54) is 17.5 Å². The number of esters is 1. The van der Waals surface area contributed by atoms with Gasteiger partial charge in [0.15, 0.2) is 0 Å². The maximum Gasteiger partial charge on any atom is 0.309 e. The third kappa shape index (κ3) is 3.38. The van der Waals surface area contributed by atoms with E-state index in [9.17, 15) is 13.2 Å². The first-order chi connectivity index (χ1) is 9.86. The number of carbonyl (C=O) groups is 1. The minimum atomic E-state index is -3.72. The molecule has 1 heterocycles. The van der Waals surface area contributed by atoms with Crippen molar-refractivity contribution in [3.8, 4) is 0 Å². The Balaban J connectivity index is 2.31. The molecule has 2 N–H and O–H groups in total. The van der Waals surface area contributed by atoms with E-state index < -0.39 is 15.9 Å². The largest absolute Gasteiger partial charge is 0.469 e. The van der Waals surface area contributed by atoms with Crippen LogP contribution in [-0.4, -0.2) is 38.9 Å². The summed E-state index contributed by atoms with van der Waals surface area (Å²) in [4.78, 5) is 11.7. The van der Waals surface area contributed by atoms with E-state index in [0.29, 0.717) is 23.9 Å². The number of rotatable bonds is 3. The Hall–Kier alpha value is -1.12. The van der Waals surface area contributed by atoms with Crippen molar-refractivity contribution < 1.29 is 17.9 Å². The third-order valence-corrected chi connectivity index (χ3v) is 5.93. The monoisotopic (exact) mass is 376 g/mol. The SMILES string of the molecule is COC(=O)C1CCCN(S(=O)(=O)c2cc(Br)ccc2N)C1. The van der Waals surface area contributed by atoms with Gasteiger partial charge < -0.3 is 10.5 Å². The van der Waals surface area contributed by atoms with Gasteiger partial charge >= 0.3 is 5.97 Å². The molecule has 0 aliphatic carbocycles. The number of carbonyl (C=O) groups excluding carboxylic acids is 1. The average Bonchev–Trinajstić information content (AvgIpc) is 2.49. The topological polar surface area (TPSA) is 89.7 Å². The van der Waals surface area contributed by atoms with E-state index in [1.54, 1.807) is 12.1 Å². The molecule has 2 rings (SSSR count). The van der Waals surface area contributed by atoms with Crippen LogP contribution < -0.4 is 5.73 Å². The Morgan fingerprint density at radius 2 is 2.19 bits per heavy atom. The minimum Gasteiger partial charge on any atom is -0.469 e. The predicted octanol–water partition coefficient (Wildman–Crippen LogP) is 1.60. The molecule has 0 saturated carbocycles. The van der Waals surface area contributed by atoms with Gasteiger partial charge in [-0.2, -0.15) is 4.31 Å². The van der Waals surface area contributed by atoms with Gasteiger partial charge in [0.1, 0.15) is 4.90 Å². The molecule has 0 aromatic heterocycles. The predicted molar refractivity (Wildman–Crippen MR) is 82.1 cm³/mol. The highest BCUT2D eigenvalue weighted by Crippen LogP contribution is 2.29. The first-order valence-electron chi connectivity index (χ1n) is 6.49. The van der Waals surface area contributed by atoms with Crippen molar-refractivity contribution in [2.24, 2.45) is 5.92 Å². The highest BCUT2D eigenvalue weighted by Gasteiger charge is 2.34. The Kier molecular flexibility index (Phi) is 4.90. The number of anilines is 1. The maximum atomic E-state index is 12.7. The number of halogens is 1. The second-order valence-corrected chi connectivity index (χ2v) is 7.73. The normalized spacial score (nSPS) is 20.2. The van der Waals surface area contributed by atoms with E-state index >= 15 is 0 Å². The molecule has 0 spiro atoms. The fraction of sp³-hybridized carbons (Fsp3) is 0.462. The molecule has 1 unspecified atom stereocenters. The van der Waals surface area contributed by atoms with Gasteiger partial charge in [-0.3, -0.25) is 4.79 Å². The average molecular weight is 377 g/mol. The van der Waals surface area contributed by atoms with Gasteiger partial charge in [-0.05, 0) is 31.0 Å². The summed E-state index contributed by atoms with van der Waals surface area (Å²) in [5, 5.41) is 0.